The average molecular weight is 337 g/mol. The Balaban J connectivity index is 2.01. The molecule has 2 aromatic carbocycles. The molecule has 1 atom stereocenters. The van der Waals surface area contributed by atoms with Crippen LogP contribution in [0.15, 0.2) is 48.5 Å². The fraction of sp³-hybridized carbons (Fsp3) is 0.111. The van der Waals surface area contributed by atoms with Crippen molar-refractivity contribution in [1.82, 2.24) is 5.32 Å². The fourth-order valence-corrected chi connectivity index (χ4v) is 2.76. The Morgan fingerprint density at radius 3 is 2.32 bits per heavy atom. The van der Waals surface area contributed by atoms with E-state index in [4.69, 9.17) is 5.73 Å². The lowest BCUT2D eigenvalue weighted by atomic mass is 10.0. The molecule has 0 bridgehead atoms. The third kappa shape index (κ3) is 2.87. The van der Waals surface area contributed by atoms with Crippen LogP contribution in [0.25, 0.3) is 0 Å². The highest BCUT2D eigenvalue weighted by atomic mass is 16.2. The number of hydrogen-bond donors (Lipinski definition) is 2. The molecule has 1 heterocycles. The number of hydrogen-bond acceptors (Lipinski definition) is 4. The van der Waals surface area contributed by atoms with Gasteiger partial charge in [-0.15, -0.1) is 0 Å². The van der Waals surface area contributed by atoms with E-state index in [1.807, 2.05) is 0 Å². The Kier molecular flexibility index (Phi) is 4.06. The topological polar surface area (TPSA) is 110 Å². The van der Waals surface area contributed by atoms with Gasteiger partial charge < -0.3 is 11.1 Å². The van der Waals surface area contributed by atoms with Gasteiger partial charge >= 0.3 is 6.03 Å². The van der Waals surface area contributed by atoms with Gasteiger partial charge in [-0.1, -0.05) is 18.2 Å². The van der Waals surface area contributed by atoms with Crippen molar-refractivity contribution in [2.24, 2.45) is 5.73 Å². The summed E-state index contributed by atoms with van der Waals surface area (Å²) in [6.45, 7) is 1.39. The van der Waals surface area contributed by atoms with E-state index < -0.39 is 23.9 Å². The van der Waals surface area contributed by atoms with E-state index in [2.05, 4.69) is 5.32 Å². The summed E-state index contributed by atoms with van der Waals surface area (Å²) in [5, 5.41) is 2.60. The number of anilines is 1. The van der Waals surface area contributed by atoms with Gasteiger partial charge in [-0.25, -0.2) is 9.69 Å². The van der Waals surface area contributed by atoms with Crippen molar-refractivity contribution in [3.05, 3.63) is 65.2 Å². The highest BCUT2D eigenvalue weighted by Crippen LogP contribution is 2.36. The quantitative estimate of drug-likeness (QED) is 0.832. The lowest BCUT2D eigenvalue weighted by molar-refractivity contribution is -0.119. The fourth-order valence-electron chi connectivity index (χ4n) is 2.76. The van der Waals surface area contributed by atoms with Crippen molar-refractivity contribution in [3.8, 4) is 0 Å². The van der Waals surface area contributed by atoms with E-state index in [9.17, 15) is 19.2 Å². The summed E-state index contributed by atoms with van der Waals surface area (Å²) < 4.78 is 0. The predicted octanol–water partition coefficient (Wildman–Crippen LogP) is 1.79. The molecule has 1 aliphatic heterocycles. The lowest BCUT2D eigenvalue weighted by Crippen LogP contribution is -2.42. The number of primary amides is 1. The number of nitrogens with two attached hydrogens (primary N) is 1. The Hall–Kier alpha value is -3.48. The van der Waals surface area contributed by atoms with Crippen LogP contribution in [0.4, 0.5) is 10.5 Å². The Morgan fingerprint density at radius 2 is 1.72 bits per heavy atom. The van der Waals surface area contributed by atoms with Crippen LogP contribution in [0.5, 0.6) is 0 Å². The van der Waals surface area contributed by atoms with Crippen molar-refractivity contribution in [2.45, 2.75) is 13.0 Å². The zero-order valence-electron chi connectivity index (χ0n) is 13.4. The van der Waals surface area contributed by atoms with Crippen LogP contribution in [0.3, 0.4) is 0 Å². The van der Waals surface area contributed by atoms with E-state index in [0.29, 0.717) is 16.7 Å². The number of benzene rings is 2. The number of ketones is 1. The molecule has 4 amide bonds. The van der Waals surface area contributed by atoms with Crippen LogP contribution in [0.1, 0.15) is 39.2 Å². The molecule has 2 aromatic rings. The molecule has 126 valence electrons. The minimum Gasteiger partial charge on any atom is -0.351 e. The minimum atomic E-state index is -1.09. The van der Waals surface area contributed by atoms with Crippen molar-refractivity contribution in [3.63, 3.8) is 0 Å². The summed E-state index contributed by atoms with van der Waals surface area (Å²) in [7, 11) is 0. The highest BCUT2D eigenvalue weighted by Gasteiger charge is 2.41. The summed E-state index contributed by atoms with van der Waals surface area (Å²) in [6.07, 6.45) is 0. The molecule has 0 aliphatic carbocycles. The minimum absolute atomic E-state index is 0.194. The maximum Gasteiger partial charge on any atom is 0.326 e. The first kappa shape index (κ1) is 16.4. The monoisotopic (exact) mass is 337 g/mol. The standard InChI is InChI=1S/C18H15N3O4/c1-10(22)12-7-8-14-13(9-12)15(17(24)21(14)18(19)25)20-16(23)11-5-3-2-4-6-11/h2-9,15H,1H3,(H2,19,25)(H,20,23). The van der Waals surface area contributed by atoms with E-state index >= 15 is 0 Å². The number of carbonyl (C=O) groups is 4. The smallest absolute Gasteiger partial charge is 0.326 e. The first-order chi connectivity index (χ1) is 11.9. The number of fused-ring (bicyclic) bond motifs is 1. The lowest BCUT2D eigenvalue weighted by Gasteiger charge is -2.14. The first-order valence-electron chi connectivity index (χ1n) is 7.54. The maximum atomic E-state index is 12.6. The Morgan fingerprint density at radius 1 is 1.04 bits per heavy atom. The third-order valence-electron chi connectivity index (χ3n) is 3.99. The van der Waals surface area contributed by atoms with Crippen LogP contribution in [-0.2, 0) is 4.79 Å². The van der Waals surface area contributed by atoms with E-state index in [0.717, 1.165) is 4.90 Å². The molecule has 1 aliphatic rings. The summed E-state index contributed by atoms with van der Waals surface area (Å²) in [5.74, 6) is -1.32. The van der Waals surface area contributed by atoms with E-state index in [1.165, 1.54) is 25.1 Å². The molecule has 0 radical (unpaired) electrons. The van der Waals surface area contributed by atoms with Gasteiger partial charge in [-0.2, -0.15) is 0 Å². The summed E-state index contributed by atoms with van der Waals surface area (Å²) in [4.78, 5) is 49.0. The second-order valence-corrected chi connectivity index (χ2v) is 5.61. The van der Waals surface area contributed by atoms with Crippen molar-refractivity contribution in [2.75, 3.05) is 4.90 Å². The van der Waals surface area contributed by atoms with Crippen molar-refractivity contribution >= 4 is 29.3 Å². The molecule has 0 saturated heterocycles. The zero-order chi connectivity index (χ0) is 18.1. The number of nitrogens with zero attached hydrogens (tertiary/aromatic N) is 1. The number of urea groups is 1. The molecule has 0 fully saturated rings. The molecule has 3 N–H and O–H groups in total. The molecule has 0 spiro atoms. The molecule has 7 heteroatoms. The van der Waals surface area contributed by atoms with Gasteiger partial charge in [0.2, 0.25) is 0 Å². The van der Waals surface area contributed by atoms with E-state index in [-0.39, 0.29) is 11.5 Å². The van der Waals surface area contributed by atoms with Crippen molar-refractivity contribution in [1.29, 1.82) is 0 Å². The second-order valence-electron chi connectivity index (χ2n) is 5.61. The molecule has 1 unspecified atom stereocenters. The summed E-state index contributed by atoms with van der Waals surface area (Å²) in [5.41, 5.74) is 6.66. The normalized spacial score (nSPS) is 15.6. The molecular weight excluding hydrogens is 322 g/mol. The third-order valence-corrected chi connectivity index (χ3v) is 3.99. The first-order valence-corrected chi connectivity index (χ1v) is 7.54. The second kappa shape index (κ2) is 6.20. The van der Waals surface area contributed by atoms with Gasteiger partial charge in [-0.05, 0) is 37.3 Å². The molecule has 0 saturated carbocycles. The Labute approximate surface area is 143 Å². The van der Waals surface area contributed by atoms with Gasteiger partial charge in [0.15, 0.2) is 5.78 Å². The molecule has 0 aromatic heterocycles. The molecular formula is C18H15N3O4. The number of imide groups is 1. The predicted molar refractivity (Wildman–Crippen MR) is 90.2 cm³/mol. The zero-order valence-corrected chi connectivity index (χ0v) is 13.4. The molecule has 7 nitrogen and oxygen atoms in total. The number of rotatable bonds is 3. The number of amides is 4. The maximum absolute atomic E-state index is 12.6. The van der Waals surface area contributed by atoms with E-state index in [1.54, 1.807) is 30.3 Å². The molecule has 3 rings (SSSR count). The SMILES string of the molecule is CC(=O)c1ccc2c(c1)C(NC(=O)c1ccccc1)C(=O)N2C(N)=O. The van der Waals surface area contributed by atoms with Gasteiger partial charge in [0.25, 0.3) is 11.8 Å². The van der Waals surface area contributed by atoms with Crippen LogP contribution >= 0.6 is 0 Å². The van der Waals surface area contributed by atoms with Gasteiger partial charge in [0.1, 0.15) is 6.04 Å². The number of nitrogens with one attached hydrogen (secondary N) is 1. The Bertz CT molecular complexity index is 892. The van der Waals surface area contributed by atoms with Crippen molar-refractivity contribution < 1.29 is 19.2 Å². The summed E-state index contributed by atoms with van der Waals surface area (Å²) >= 11 is 0. The average Bonchev–Trinajstić information content (AvgIpc) is 2.87. The van der Waals surface area contributed by atoms with Crippen LogP contribution in [0.2, 0.25) is 0 Å². The van der Waals surface area contributed by atoms with Gasteiger partial charge in [0.05, 0.1) is 5.69 Å². The summed E-state index contributed by atoms with van der Waals surface area (Å²) in [6, 6.07) is 10.8. The van der Waals surface area contributed by atoms with Gasteiger partial charge in [0, 0.05) is 16.7 Å². The number of carbonyl (C=O) groups excluding carboxylic acids is 4. The number of Topliss-reactive ketones (excluding diaryl/α,β-unsaturated/α-hetero) is 1. The van der Waals surface area contributed by atoms with Gasteiger partial charge in [-0.3, -0.25) is 14.4 Å². The highest BCUT2D eigenvalue weighted by molar-refractivity contribution is 6.21. The largest absolute Gasteiger partial charge is 0.351 e. The molecule has 25 heavy (non-hydrogen) atoms. The van der Waals surface area contributed by atoms with Crippen LogP contribution in [0, 0.1) is 0 Å². The van der Waals surface area contributed by atoms with Crippen LogP contribution < -0.4 is 16.0 Å². The van der Waals surface area contributed by atoms with Crippen LogP contribution in [-0.4, -0.2) is 23.6 Å².